The van der Waals surface area contributed by atoms with Gasteiger partial charge in [-0.2, -0.15) is 0 Å². The highest BCUT2D eigenvalue weighted by Crippen LogP contribution is 2.25. The first-order chi connectivity index (χ1) is 7.16. The Labute approximate surface area is 87.5 Å². The number of carboxylic acids is 1. The molecule has 0 spiro atoms. The number of nitrogens with zero attached hydrogens (tertiary/aromatic N) is 1. The van der Waals surface area contributed by atoms with Crippen LogP contribution in [0, 0.1) is 6.92 Å². The summed E-state index contributed by atoms with van der Waals surface area (Å²) in [6, 6.07) is 1.37. The summed E-state index contributed by atoms with van der Waals surface area (Å²) in [7, 11) is 0. The second-order valence-electron chi connectivity index (χ2n) is 3.91. The molecule has 1 aliphatic heterocycles. The molecular formula is C10H14N2O3. The van der Waals surface area contributed by atoms with Crippen LogP contribution in [0.25, 0.3) is 0 Å². The fourth-order valence-electron chi connectivity index (χ4n) is 1.90. The van der Waals surface area contributed by atoms with Gasteiger partial charge < -0.3 is 9.63 Å². The van der Waals surface area contributed by atoms with E-state index in [2.05, 4.69) is 10.5 Å². The molecule has 0 radical (unpaired) electrons. The van der Waals surface area contributed by atoms with E-state index in [0.717, 1.165) is 24.3 Å². The zero-order valence-corrected chi connectivity index (χ0v) is 8.56. The minimum Gasteiger partial charge on any atom is -0.480 e. The van der Waals surface area contributed by atoms with Crippen LogP contribution in [0.15, 0.2) is 10.6 Å². The van der Waals surface area contributed by atoms with Crippen LogP contribution in [0.2, 0.25) is 0 Å². The first-order valence-corrected chi connectivity index (χ1v) is 5.09. The molecule has 1 aromatic heterocycles. The van der Waals surface area contributed by atoms with E-state index in [-0.39, 0.29) is 6.04 Å². The molecular weight excluding hydrogens is 196 g/mol. The van der Waals surface area contributed by atoms with Crippen molar-refractivity contribution in [3.05, 3.63) is 17.5 Å². The third-order valence-electron chi connectivity index (χ3n) is 2.68. The first-order valence-electron chi connectivity index (χ1n) is 5.09. The Hall–Kier alpha value is -1.36. The Kier molecular flexibility index (Phi) is 2.73. The van der Waals surface area contributed by atoms with Crippen LogP contribution in [0.5, 0.6) is 0 Å². The number of aryl methyl sites for hydroxylation is 1. The molecule has 0 bridgehead atoms. The maximum Gasteiger partial charge on any atom is 0.320 e. The van der Waals surface area contributed by atoms with E-state index in [9.17, 15) is 4.79 Å². The van der Waals surface area contributed by atoms with Crippen molar-refractivity contribution < 1.29 is 14.4 Å². The summed E-state index contributed by atoms with van der Waals surface area (Å²) in [5, 5.41) is 15.7. The third kappa shape index (κ3) is 2.18. The second-order valence-corrected chi connectivity index (χ2v) is 3.91. The lowest BCUT2D eigenvalue weighted by molar-refractivity contribution is -0.140. The standard InChI is InChI=1S/C10H14N2O3/c1-6-5-9(15-12-6)7-3-2-4-8(11-7)10(13)14/h5,7-8,11H,2-4H2,1H3,(H,13,14). The van der Waals surface area contributed by atoms with Gasteiger partial charge in [0.2, 0.25) is 0 Å². The molecule has 5 nitrogen and oxygen atoms in total. The average Bonchev–Trinajstić information content (AvgIpc) is 2.65. The van der Waals surface area contributed by atoms with Crippen LogP contribution < -0.4 is 5.32 Å². The molecule has 2 rings (SSSR count). The first kappa shape index (κ1) is 10.2. The van der Waals surface area contributed by atoms with Gasteiger partial charge in [-0.15, -0.1) is 0 Å². The number of aliphatic carboxylic acids is 1. The quantitative estimate of drug-likeness (QED) is 0.768. The average molecular weight is 210 g/mol. The van der Waals surface area contributed by atoms with Gasteiger partial charge in [-0.25, -0.2) is 0 Å². The molecule has 0 aliphatic carbocycles. The van der Waals surface area contributed by atoms with E-state index in [4.69, 9.17) is 9.63 Å². The highest BCUT2D eigenvalue weighted by Gasteiger charge is 2.28. The van der Waals surface area contributed by atoms with Crippen LogP contribution in [-0.2, 0) is 4.79 Å². The Morgan fingerprint density at radius 3 is 3.07 bits per heavy atom. The van der Waals surface area contributed by atoms with E-state index in [0.29, 0.717) is 6.42 Å². The van der Waals surface area contributed by atoms with Crippen molar-refractivity contribution in [3.63, 3.8) is 0 Å². The van der Waals surface area contributed by atoms with Crippen molar-refractivity contribution in [2.45, 2.75) is 38.3 Å². The van der Waals surface area contributed by atoms with E-state index in [1.54, 1.807) is 0 Å². The van der Waals surface area contributed by atoms with Crippen molar-refractivity contribution in [2.75, 3.05) is 0 Å². The number of rotatable bonds is 2. The third-order valence-corrected chi connectivity index (χ3v) is 2.68. The molecule has 2 N–H and O–H groups in total. The minimum absolute atomic E-state index is 0.0129. The highest BCUT2D eigenvalue weighted by molar-refractivity contribution is 5.73. The van der Waals surface area contributed by atoms with Crippen LogP contribution in [-0.4, -0.2) is 22.3 Å². The number of aromatic nitrogens is 1. The summed E-state index contributed by atoms with van der Waals surface area (Å²) in [6.07, 6.45) is 2.48. The predicted octanol–water partition coefficient (Wildman–Crippen LogP) is 1.25. The lowest BCUT2D eigenvalue weighted by Gasteiger charge is -2.26. The minimum atomic E-state index is -0.795. The smallest absolute Gasteiger partial charge is 0.320 e. The van der Waals surface area contributed by atoms with E-state index >= 15 is 0 Å². The molecule has 2 heterocycles. The van der Waals surface area contributed by atoms with Gasteiger partial charge in [0.1, 0.15) is 6.04 Å². The summed E-state index contributed by atoms with van der Waals surface area (Å²) in [4.78, 5) is 10.8. The van der Waals surface area contributed by atoms with Gasteiger partial charge in [0.15, 0.2) is 5.76 Å². The van der Waals surface area contributed by atoms with Crippen LogP contribution in [0.4, 0.5) is 0 Å². The summed E-state index contributed by atoms with van der Waals surface area (Å²) in [5.41, 5.74) is 0.823. The number of hydrogen-bond donors (Lipinski definition) is 2. The van der Waals surface area contributed by atoms with Crippen molar-refractivity contribution in [2.24, 2.45) is 0 Å². The molecule has 0 aromatic carbocycles. The lowest BCUT2D eigenvalue weighted by Crippen LogP contribution is -2.42. The summed E-state index contributed by atoms with van der Waals surface area (Å²) in [6.45, 7) is 1.85. The lowest BCUT2D eigenvalue weighted by atomic mass is 9.97. The van der Waals surface area contributed by atoms with Gasteiger partial charge in [-0.05, 0) is 26.2 Å². The van der Waals surface area contributed by atoms with Gasteiger partial charge in [-0.3, -0.25) is 10.1 Å². The van der Waals surface area contributed by atoms with Crippen molar-refractivity contribution >= 4 is 5.97 Å². The fraction of sp³-hybridized carbons (Fsp3) is 0.600. The monoisotopic (exact) mass is 210 g/mol. The Bertz CT molecular complexity index is 361. The van der Waals surface area contributed by atoms with E-state index in [1.165, 1.54) is 0 Å². The van der Waals surface area contributed by atoms with Crippen LogP contribution in [0.1, 0.15) is 36.8 Å². The molecule has 2 atom stereocenters. The topological polar surface area (TPSA) is 75.4 Å². The van der Waals surface area contributed by atoms with E-state index < -0.39 is 12.0 Å². The molecule has 15 heavy (non-hydrogen) atoms. The zero-order chi connectivity index (χ0) is 10.8. The van der Waals surface area contributed by atoms with Gasteiger partial charge in [-0.1, -0.05) is 5.16 Å². The van der Waals surface area contributed by atoms with E-state index in [1.807, 2.05) is 13.0 Å². The van der Waals surface area contributed by atoms with Crippen LogP contribution in [0.3, 0.4) is 0 Å². The summed E-state index contributed by atoms with van der Waals surface area (Å²) < 4.78 is 5.13. The highest BCUT2D eigenvalue weighted by atomic mass is 16.5. The number of piperidine rings is 1. The Morgan fingerprint density at radius 1 is 1.67 bits per heavy atom. The molecule has 1 fully saturated rings. The zero-order valence-electron chi connectivity index (χ0n) is 8.56. The SMILES string of the molecule is Cc1cc(C2CCCC(C(=O)O)N2)on1. The number of carbonyl (C=O) groups is 1. The molecule has 2 unspecified atom stereocenters. The Morgan fingerprint density at radius 2 is 2.47 bits per heavy atom. The largest absolute Gasteiger partial charge is 0.480 e. The van der Waals surface area contributed by atoms with Gasteiger partial charge in [0.05, 0.1) is 11.7 Å². The van der Waals surface area contributed by atoms with Crippen molar-refractivity contribution in [1.82, 2.24) is 10.5 Å². The maximum absolute atomic E-state index is 10.8. The maximum atomic E-state index is 10.8. The van der Waals surface area contributed by atoms with Gasteiger partial charge in [0, 0.05) is 6.07 Å². The van der Waals surface area contributed by atoms with Crippen molar-refractivity contribution in [1.29, 1.82) is 0 Å². The summed E-state index contributed by atoms with van der Waals surface area (Å²) in [5.74, 6) is -0.0608. The Balaban J connectivity index is 2.07. The number of nitrogens with one attached hydrogen (secondary N) is 1. The van der Waals surface area contributed by atoms with Gasteiger partial charge >= 0.3 is 5.97 Å². The molecule has 1 saturated heterocycles. The van der Waals surface area contributed by atoms with Gasteiger partial charge in [0.25, 0.3) is 0 Å². The molecule has 82 valence electrons. The summed E-state index contributed by atoms with van der Waals surface area (Å²) >= 11 is 0. The normalized spacial score (nSPS) is 26.5. The predicted molar refractivity (Wildman–Crippen MR) is 52.4 cm³/mol. The van der Waals surface area contributed by atoms with Crippen molar-refractivity contribution in [3.8, 4) is 0 Å². The molecule has 1 aromatic rings. The molecule has 1 aliphatic rings. The second kappa shape index (κ2) is 4.02. The fourth-order valence-corrected chi connectivity index (χ4v) is 1.90. The molecule has 5 heteroatoms. The number of hydrogen-bond acceptors (Lipinski definition) is 4. The molecule has 0 saturated carbocycles. The number of carboxylic acid groups (broad SMARTS) is 1. The van der Waals surface area contributed by atoms with Crippen LogP contribution >= 0.6 is 0 Å². The molecule has 0 amide bonds.